The topological polar surface area (TPSA) is 74.7 Å². The minimum absolute atomic E-state index is 0.0751. The third kappa shape index (κ3) is 5.28. The summed E-state index contributed by atoms with van der Waals surface area (Å²) >= 11 is 1.35. The molecular formula is C21H22FNO5S2. The van der Waals surface area contributed by atoms with E-state index in [0.717, 1.165) is 5.56 Å². The average molecular weight is 452 g/mol. The van der Waals surface area contributed by atoms with Crippen molar-refractivity contribution in [2.75, 3.05) is 20.8 Å². The van der Waals surface area contributed by atoms with Gasteiger partial charge in [-0.05, 0) is 42.8 Å². The van der Waals surface area contributed by atoms with Gasteiger partial charge in [-0.2, -0.15) is 0 Å². The molecule has 0 unspecified atom stereocenters. The predicted molar refractivity (Wildman–Crippen MR) is 115 cm³/mol. The average Bonchev–Trinajstić information content (AvgIpc) is 3.16. The van der Waals surface area contributed by atoms with Crippen LogP contribution in [0.1, 0.15) is 18.2 Å². The fourth-order valence-electron chi connectivity index (χ4n) is 2.91. The van der Waals surface area contributed by atoms with Gasteiger partial charge in [0.15, 0.2) is 32.9 Å². The third-order valence-corrected chi connectivity index (χ3v) is 6.68. The van der Waals surface area contributed by atoms with Gasteiger partial charge in [0.05, 0.1) is 38.0 Å². The van der Waals surface area contributed by atoms with Gasteiger partial charge in [-0.1, -0.05) is 6.07 Å². The van der Waals surface area contributed by atoms with Gasteiger partial charge in [0.2, 0.25) is 0 Å². The monoisotopic (exact) mass is 451 g/mol. The van der Waals surface area contributed by atoms with Gasteiger partial charge in [0.1, 0.15) is 5.01 Å². The summed E-state index contributed by atoms with van der Waals surface area (Å²) in [6.07, 6.45) is 0. The van der Waals surface area contributed by atoms with Crippen molar-refractivity contribution >= 4 is 21.2 Å². The Morgan fingerprint density at radius 1 is 1.00 bits per heavy atom. The Labute approximate surface area is 179 Å². The molecule has 1 aromatic heterocycles. The molecule has 0 amide bonds. The largest absolute Gasteiger partial charge is 0.494 e. The third-order valence-electron chi connectivity index (χ3n) is 4.23. The van der Waals surface area contributed by atoms with E-state index in [9.17, 15) is 12.8 Å². The number of hydrogen-bond acceptors (Lipinski definition) is 7. The molecule has 6 nitrogen and oxygen atoms in total. The van der Waals surface area contributed by atoms with Gasteiger partial charge < -0.3 is 14.2 Å². The number of nitrogens with zero attached hydrogens (tertiary/aromatic N) is 1. The lowest BCUT2D eigenvalue weighted by molar-refractivity contribution is 0.311. The summed E-state index contributed by atoms with van der Waals surface area (Å²) in [7, 11) is -0.613. The highest BCUT2D eigenvalue weighted by molar-refractivity contribution is 7.89. The van der Waals surface area contributed by atoms with E-state index >= 15 is 0 Å². The molecule has 160 valence electrons. The molecule has 0 bridgehead atoms. The van der Waals surface area contributed by atoms with Crippen LogP contribution in [0.15, 0.2) is 41.8 Å². The van der Waals surface area contributed by atoms with Crippen LogP contribution >= 0.6 is 11.3 Å². The van der Waals surface area contributed by atoms with Crippen molar-refractivity contribution in [1.82, 2.24) is 4.98 Å². The fourth-order valence-corrected chi connectivity index (χ4v) is 5.22. The molecule has 9 heteroatoms. The minimum Gasteiger partial charge on any atom is -0.494 e. The van der Waals surface area contributed by atoms with Crippen LogP contribution in [0.4, 0.5) is 4.39 Å². The Morgan fingerprint density at radius 2 is 1.73 bits per heavy atom. The smallest absolute Gasteiger partial charge is 0.165 e. The number of aromatic nitrogens is 1. The zero-order valence-electron chi connectivity index (χ0n) is 16.8. The molecule has 0 fully saturated rings. The van der Waals surface area contributed by atoms with Crippen molar-refractivity contribution in [3.05, 3.63) is 58.9 Å². The van der Waals surface area contributed by atoms with E-state index in [4.69, 9.17) is 14.2 Å². The van der Waals surface area contributed by atoms with E-state index in [1.165, 1.54) is 36.6 Å². The van der Waals surface area contributed by atoms with Gasteiger partial charge in [0, 0.05) is 10.9 Å². The van der Waals surface area contributed by atoms with Crippen LogP contribution in [-0.4, -0.2) is 34.2 Å². The van der Waals surface area contributed by atoms with Crippen molar-refractivity contribution in [1.29, 1.82) is 0 Å². The highest BCUT2D eigenvalue weighted by atomic mass is 32.2. The van der Waals surface area contributed by atoms with E-state index in [1.807, 2.05) is 19.1 Å². The zero-order valence-corrected chi connectivity index (χ0v) is 18.5. The van der Waals surface area contributed by atoms with Gasteiger partial charge in [-0.15, -0.1) is 11.3 Å². The van der Waals surface area contributed by atoms with Crippen molar-refractivity contribution in [2.45, 2.75) is 18.4 Å². The summed E-state index contributed by atoms with van der Waals surface area (Å²) in [6, 6.07) is 9.59. The second-order valence-electron chi connectivity index (χ2n) is 6.44. The standard InChI is InChI=1S/C21H22FNO5S2/c1-4-28-19-8-6-15(10-20(19)27-3)21-23-16(11-29-21)13-30(24,25)12-14-5-7-18(26-2)17(22)9-14/h5-11H,4,12-13H2,1-3H3. The molecular weight excluding hydrogens is 429 g/mol. The van der Waals surface area contributed by atoms with E-state index in [0.29, 0.717) is 34.4 Å². The maximum atomic E-state index is 13.8. The Balaban J connectivity index is 1.75. The lowest BCUT2D eigenvalue weighted by atomic mass is 10.2. The quantitative estimate of drug-likeness (QED) is 0.478. The second-order valence-corrected chi connectivity index (χ2v) is 9.37. The number of ether oxygens (including phenoxy) is 3. The highest BCUT2D eigenvalue weighted by Crippen LogP contribution is 2.34. The molecule has 0 radical (unpaired) electrons. The van der Waals surface area contributed by atoms with E-state index < -0.39 is 15.7 Å². The Hall–Kier alpha value is -2.65. The molecule has 0 aliphatic rings. The summed E-state index contributed by atoms with van der Waals surface area (Å²) in [6.45, 7) is 2.41. The van der Waals surface area contributed by atoms with Crippen molar-refractivity contribution in [3.63, 3.8) is 0 Å². The molecule has 0 aliphatic carbocycles. The first kappa shape index (κ1) is 22.0. The number of sulfone groups is 1. The Kier molecular flexibility index (Phi) is 6.94. The molecule has 2 aromatic carbocycles. The summed E-state index contributed by atoms with van der Waals surface area (Å²) in [5, 5.41) is 2.39. The molecule has 0 aliphatic heterocycles. The summed E-state index contributed by atoms with van der Waals surface area (Å²) in [5.74, 6) is 0.190. The zero-order chi connectivity index (χ0) is 21.7. The predicted octanol–water partition coefficient (Wildman–Crippen LogP) is 4.48. The molecule has 30 heavy (non-hydrogen) atoms. The Bertz CT molecular complexity index is 1130. The lowest BCUT2D eigenvalue weighted by Crippen LogP contribution is -2.08. The van der Waals surface area contributed by atoms with Crippen molar-refractivity contribution in [3.8, 4) is 27.8 Å². The van der Waals surface area contributed by atoms with Crippen LogP contribution in [-0.2, 0) is 21.3 Å². The van der Waals surface area contributed by atoms with Gasteiger partial charge in [-0.3, -0.25) is 0 Å². The maximum Gasteiger partial charge on any atom is 0.165 e. The normalized spacial score (nSPS) is 11.3. The first-order valence-corrected chi connectivity index (χ1v) is 11.8. The van der Waals surface area contributed by atoms with E-state index in [1.54, 1.807) is 18.6 Å². The molecule has 3 aromatic rings. The first-order valence-electron chi connectivity index (χ1n) is 9.13. The summed E-state index contributed by atoms with van der Waals surface area (Å²) < 4.78 is 54.7. The van der Waals surface area contributed by atoms with E-state index in [2.05, 4.69) is 4.98 Å². The number of hydrogen-bond donors (Lipinski definition) is 0. The number of halogens is 1. The highest BCUT2D eigenvalue weighted by Gasteiger charge is 2.18. The number of methoxy groups -OCH3 is 2. The number of thiazole rings is 1. The maximum absolute atomic E-state index is 13.8. The second kappa shape index (κ2) is 9.44. The van der Waals surface area contributed by atoms with Crippen LogP contribution in [0.5, 0.6) is 17.2 Å². The molecule has 0 N–H and O–H groups in total. The summed E-state index contributed by atoms with van der Waals surface area (Å²) in [5.41, 5.74) is 1.61. The van der Waals surface area contributed by atoms with Crippen molar-refractivity contribution in [2.24, 2.45) is 0 Å². The van der Waals surface area contributed by atoms with Crippen molar-refractivity contribution < 1.29 is 27.0 Å². The number of rotatable bonds is 9. The molecule has 3 rings (SSSR count). The molecule has 0 spiro atoms. The van der Waals surface area contributed by atoms with Crippen LogP contribution in [0.3, 0.4) is 0 Å². The molecule has 0 saturated carbocycles. The number of benzene rings is 2. The van der Waals surface area contributed by atoms with Crippen LogP contribution in [0, 0.1) is 5.82 Å². The van der Waals surface area contributed by atoms with Gasteiger partial charge >= 0.3 is 0 Å². The lowest BCUT2D eigenvalue weighted by Gasteiger charge is -2.10. The van der Waals surface area contributed by atoms with Gasteiger partial charge in [-0.25, -0.2) is 17.8 Å². The van der Waals surface area contributed by atoms with Crippen LogP contribution in [0.25, 0.3) is 10.6 Å². The molecule has 1 heterocycles. The summed E-state index contributed by atoms with van der Waals surface area (Å²) in [4.78, 5) is 4.45. The SMILES string of the molecule is CCOc1ccc(-c2nc(CS(=O)(=O)Cc3ccc(OC)c(F)c3)cs2)cc1OC. The minimum atomic E-state index is -3.53. The fraction of sp³-hybridized carbons (Fsp3) is 0.286. The van der Waals surface area contributed by atoms with E-state index in [-0.39, 0.29) is 17.3 Å². The first-order chi connectivity index (χ1) is 14.3. The van der Waals surface area contributed by atoms with Crippen LogP contribution in [0.2, 0.25) is 0 Å². The Morgan fingerprint density at radius 3 is 2.40 bits per heavy atom. The van der Waals surface area contributed by atoms with Gasteiger partial charge in [0.25, 0.3) is 0 Å². The van der Waals surface area contributed by atoms with Crippen LogP contribution < -0.4 is 14.2 Å². The molecule has 0 atom stereocenters. The molecule has 0 saturated heterocycles.